The maximum atomic E-state index is 13.3. The van der Waals surface area contributed by atoms with Crippen LogP contribution in [0.5, 0.6) is 0 Å². The average molecular weight is 420 g/mol. The van der Waals surface area contributed by atoms with Gasteiger partial charge in [-0.25, -0.2) is 14.2 Å². The molecule has 5 nitrogen and oxygen atoms in total. The number of benzene rings is 2. The molecule has 0 aliphatic heterocycles. The monoisotopic (exact) mass is 420 g/mol. The van der Waals surface area contributed by atoms with E-state index in [9.17, 15) is 14.0 Å². The van der Waals surface area contributed by atoms with Crippen LogP contribution in [-0.4, -0.2) is 23.5 Å². The van der Waals surface area contributed by atoms with Crippen LogP contribution in [0.1, 0.15) is 27.0 Å². The molecule has 1 amide bonds. The van der Waals surface area contributed by atoms with Crippen LogP contribution in [0.2, 0.25) is 0 Å². The second kappa shape index (κ2) is 8.84. The molecule has 0 bridgehead atoms. The normalized spacial score (nSPS) is 11.8. The van der Waals surface area contributed by atoms with E-state index in [4.69, 9.17) is 4.74 Å². The maximum Gasteiger partial charge on any atom is 0.357 e. The summed E-state index contributed by atoms with van der Waals surface area (Å²) in [5, 5.41) is 5.64. The Balaban J connectivity index is 1.43. The minimum Gasteiger partial charge on any atom is -0.451 e. The number of pyridine rings is 1. The number of halogens is 1. The van der Waals surface area contributed by atoms with E-state index >= 15 is 0 Å². The first kappa shape index (κ1) is 19.7. The summed E-state index contributed by atoms with van der Waals surface area (Å²) in [6, 6.07) is 20.0. The molecular weight excluding hydrogens is 403 g/mol. The van der Waals surface area contributed by atoms with Crippen molar-refractivity contribution in [1.82, 2.24) is 10.3 Å². The molecule has 1 atom stereocenters. The predicted octanol–water partition coefficient (Wildman–Crippen LogP) is 4.50. The minimum absolute atomic E-state index is 0.134. The number of fused-ring (bicyclic) bond motifs is 1. The summed E-state index contributed by atoms with van der Waals surface area (Å²) in [7, 11) is 0. The number of aromatic nitrogens is 1. The molecule has 1 N–H and O–H groups in total. The highest BCUT2D eigenvalue weighted by Gasteiger charge is 2.19. The quantitative estimate of drug-likeness (QED) is 0.467. The summed E-state index contributed by atoms with van der Waals surface area (Å²) in [4.78, 5) is 29.9. The number of ether oxygens (including phenoxy) is 1. The number of rotatable bonds is 6. The first-order valence-corrected chi connectivity index (χ1v) is 10.1. The average Bonchev–Trinajstić information content (AvgIpc) is 3.31. The van der Waals surface area contributed by atoms with Crippen molar-refractivity contribution in [3.63, 3.8) is 0 Å². The molecule has 7 heteroatoms. The fourth-order valence-electron chi connectivity index (χ4n) is 3.02. The summed E-state index contributed by atoms with van der Waals surface area (Å²) in [6.45, 7) is -0.448. The van der Waals surface area contributed by atoms with Crippen LogP contribution in [-0.2, 0) is 9.53 Å². The van der Waals surface area contributed by atoms with Crippen LogP contribution in [0.4, 0.5) is 4.39 Å². The van der Waals surface area contributed by atoms with Crippen molar-refractivity contribution in [2.75, 3.05) is 6.61 Å². The van der Waals surface area contributed by atoms with Gasteiger partial charge < -0.3 is 10.1 Å². The van der Waals surface area contributed by atoms with Gasteiger partial charge in [0.05, 0.1) is 11.6 Å². The highest BCUT2D eigenvalue weighted by atomic mass is 32.1. The zero-order valence-electron chi connectivity index (χ0n) is 15.7. The lowest BCUT2D eigenvalue weighted by Gasteiger charge is -2.18. The van der Waals surface area contributed by atoms with Gasteiger partial charge >= 0.3 is 5.97 Å². The van der Waals surface area contributed by atoms with Gasteiger partial charge in [-0.05, 0) is 41.3 Å². The zero-order valence-corrected chi connectivity index (χ0v) is 16.6. The van der Waals surface area contributed by atoms with Crippen LogP contribution in [0.25, 0.3) is 10.9 Å². The SMILES string of the molecule is O=C(COC(=O)c1ccc2ccccc2n1)NC(c1ccc(F)cc1)c1cccs1. The van der Waals surface area contributed by atoms with Gasteiger partial charge in [0.25, 0.3) is 5.91 Å². The molecule has 0 saturated heterocycles. The lowest BCUT2D eigenvalue weighted by atomic mass is 10.1. The Morgan fingerprint density at radius 3 is 2.57 bits per heavy atom. The van der Waals surface area contributed by atoms with Gasteiger partial charge in [-0.15, -0.1) is 11.3 Å². The molecule has 0 aliphatic rings. The van der Waals surface area contributed by atoms with Gasteiger partial charge in [0.2, 0.25) is 0 Å². The van der Waals surface area contributed by atoms with Gasteiger partial charge in [-0.1, -0.05) is 42.5 Å². The van der Waals surface area contributed by atoms with E-state index in [1.807, 2.05) is 35.7 Å². The second-order valence-corrected chi connectivity index (χ2v) is 7.51. The lowest BCUT2D eigenvalue weighted by Crippen LogP contribution is -2.32. The van der Waals surface area contributed by atoms with Crippen LogP contribution in [0, 0.1) is 5.82 Å². The third kappa shape index (κ3) is 4.52. The maximum absolute atomic E-state index is 13.3. The van der Waals surface area contributed by atoms with Crippen molar-refractivity contribution < 1.29 is 18.7 Å². The second-order valence-electron chi connectivity index (χ2n) is 6.53. The predicted molar refractivity (Wildman–Crippen MR) is 113 cm³/mol. The van der Waals surface area contributed by atoms with Gasteiger partial charge in [0, 0.05) is 10.3 Å². The van der Waals surface area contributed by atoms with Gasteiger partial charge in [0.15, 0.2) is 6.61 Å². The first-order chi connectivity index (χ1) is 14.6. The first-order valence-electron chi connectivity index (χ1n) is 9.21. The van der Waals surface area contributed by atoms with Gasteiger partial charge in [-0.3, -0.25) is 4.79 Å². The number of carbonyl (C=O) groups excluding carboxylic acids is 2. The molecule has 0 radical (unpaired) electrons. The summed E-state index contributed by atoms with van der Waals surface area (Å²) in [5.74, 6) is -1.50. The Morgan fingerprint density at radius 2 is 1.80 bits per heavy atom. The van der Waals surface area contributed by atoms with Crippen LogP contribution >= 0.6 is 11.3 Å². The molecule has 2 heterocycles. The third-order valence-electron chi connectivity index (χ3n) is 4.48. The Hall–Kier alpha value is -3.58. The number of nitrogens with one attached hydrogen (secondary N) is 1. The summed E-state index contributed by atoms with van der Waals surface area (Å²) in [5.41, 5.74) is 1.54. The molecule has 4 aromatic rings. The zero-order chi connectivity index (χ0) is 20.9. The molecule has 0 aliphatic carbocycles. The van der Waals surface area contributed by atoms with Crippen molar-refractivity contribution >= 4 is 34.1 Å². The van der Waals surface area contributed by atoms with Crippen molar-refractivity contribution in [3.8, 4) is 0 Å². The Kier molecular flexibility index (Phi) is 5.81. The molecule has 30 heavy (non-hydrogen) atoms. The highest BCUT2D eigenvalue weighted by molar-refractivity contribution is 7.10. The number of carbonyl (C=O) groups is 2. The van der Waals surface area contributed by atoms with Crippen molar-refractivity contribution in [1.29, 1.82) is 0 Å². The molecule has 2 aromatic carbocycles. The van der Waals surface area contributed by atoms with Crippen molar-refractivity contribution in [3.05, 3.63) is 100 Å². The number of para-hydroxylation sites is 1. The van der Waals surface area contributed by atoms with E-state index in [0.717, 1.165) is 15.8 Å². The molecule has 0 spiro atoms. The van der Waals surface area contributed by atoms with Crippen molar-refractivity contribution in [2.24, 2.45) is 0 Å². The smallest absolute Gasteiger partial charge is 0.357 e. The minimum atomic E-state index is -0.676. The molecule has 4 rings (SSSR count). The number of amides is 1. The molecule has 2 aromatic heterocycles. The standard InChI is InChI=1S/C23H17FN2O3S/c24-17-10-7-16(8-11-17)22(20-6-3-13-30-20)26-21(27)14-29-23(28)19-12-9-15-4-1-2-5-18(15)25-19/h1-13,22H,14H2,(H,26,27). The molecule has 0 fully saturated rings. The van der Waals surface area contributed by atoms with E-state index < -0.39 is 24.5 Å². The largest absolute Gasteiger partial charge is 0.451 e. The van der Waals surface area contributed by atoms with E-state index in [0.29, 0.717) is 5.52 Å². The molecule has 1 unspecified atom stereocenters. The lowest BCUT2D eigenvalue weighted by molar-refractivity contribution is -0.124. The molecular formula is C23H17FN2O3S. The third-order valence-corrected chi connectivity index (χ3v) is 5.42. The number of nitrogens with zero attached hydrogens (tertiary/aromatic N) is 1. The Morgan fingerprint density at radius 1 is 1.00 bits per heavy atom. The summed E-state index contributed by atoms with van der Waals surface area (Å²) < 4.78 is 18.4. The number of thiophene rings is 1. The molecule has 0 saturated carbocycles. The van der Waals surface area contributed by atoms with E-state index in [1.54, 1.807) is 30.3 Å². The Labute approximate surface area is 176 Å². The van der Waals surface area contributed by atoms with Crippen LogP contribution < -0.4 is 5.32 Å². The number of hydrogen-bond acceptors (Lipinski definition) is 5. The number of hydrogen-bond donors (Lipinski definition) is 1. The Bertz CT molecular complexity index is 1180. The van der Waals surface area contributed by atoms with E-state index in [-0.39, 0.29) is 11.5 Å². The van der Waals surface area contributed by atoms with Crippen LogP contribution in [0.15, 0.2) is 78.2 Å². The van der Waals surface area contributed by atoms with Crippen molar-refractivity contribution in [2.45, 2.75) is 6.04 Å². The summed E-state index contributed by atoms with van der Waals surface area (Å²) >= 11 is 1.47. The fourth-order valence-corrected chi connectivity index (χ4v) is 3.82. The topological polar surface area (TPSA) is 68.3 Å². The van der Waals surface area contributed by atoms with Gasteiger partial charge in [-0.2, -0.15) is 0 Å². The number of esters is 1. The van der Waals surface area contributed by atoms with Crippen LogP contribution in [0.3, 0.4) is 0 Å². The van der Waals surface area contributed by atoms with E-state index in [1.165, 1.54) is 23.5 Å². The van der Waals surface area contributed by atoms with E-state index in [2.05, 4.69) is 10.3 Å². The fraction of sp³-hybridized carbons (Fsp3) is 0.0870. The molecule has 150 valence electrons. The summed E-state index contributed by atoms with van der Waals surface area (Å²) in [6.07, 6.45) is 0. The van der Waals surface area contributed by atoms with Gasteiger partial charge in [0.1, 0.15) is 11.5 Å². The highest BCUT2D eigenvalue weighted by Crippen LogP contribution is 2.26.